The van der Waals surface area contributed by atoms with Crippen molar-refractivity contribution in [2.45, 2.75) is 23.8 Å². The maximum Gasteiger partial charge on any atom is 0.242 e. The summed E-state index contributed by atoms with van der Waals surface area (Å²) in [6, 6.07) is 4.57. The third-order valence-corrected chi connectivity index (χ3v) is 5.42. The number of benzene rings is 1. The number of halogens is 2. The molecule has 1 aromatic carbocycles. The minimum absolute atomic E-state index is 0.130. The Hall–Kier alpha value is -0.330. The molecule has 1 fully saturated rings. The van der Waals surface area contributed by atoms with Crippen molar-refractivity contribution in [1.82, 2.24) is 9.62 Å². The molecule has 0 amide bonds. The standard InChI is InChI=1S/C12H16Cl2N2O2S/c1-16(8-11-3-2-4-15-11)19(17,18)12-6-9(13)5-10(14)7-12/h5-7,11,15H,2-4,8H2,1H3. The molecule has 106 valence electrons. The largest absolute Gasteiger partial charge is 0.313 e. The SMILES string of the molecule is CN(CC1CCCN1)S(=O)(=O)c1cc(Cl)cc(Cl)c1. The first-order valence-corrected chi connectivity index (χ1v) is 8.25. The maximum atomic E-state index is 12.4. The summed E-state index contributed by atoms with van der Waals surface area (Å²) in [5.41, 5.74) is 0. The fourth-order valence-electron chi connectivity index (χ4n) is 2.18. The number of hydrogen-bond acceptors (Lipinski definition) is 3. The van der Waals surface area contributed by atoms with Crippen LogP contribution in [0.25, 0.3) is 0 Å². The molecule has 1 heterocycles. The second-order valence-electron chi connectivity index (χ2n) is 4.68. The summed E-state index contributed by atoms with van der Waals surface area (Å²) in [6.07, 6.45) is 2.08. The molecule has 1 aliphatic heterocycles. The Balaban J connectivity index is 2.20. The molecule has 0 bridgehead atoms. The highest BCUT2D eigenvalue weighted by Gasteiger charge is 2.25. The Bertz CT molecular complexity index is 537. The number of hydrogen-bond donors (Lipinski definition) is 1. The van der Waals surface area contributed by atoms with E-state index in [1.165, 1.54) is 22.5 Å². The average Bonchev–Trinajstić information content (AvgIpc) is 2.80. The summed E-state index contributed by atoms with van der Waals surface area (Å²) in [6.45, 7) is 1.40. The lowest BCUT2D eigenvalue weighted by Crippen LogP contribution is -2.38. The van der Waals surface area contributed by atoms with Crippen LogP contribution in [0, 0.1) is 0 Å². The topological polar surface area (TPSA) is 49.4 Å². The van der Waals surface area contributed by atoms with Crippen molar-refractivity contribution < 1.29 is 8.42 Å². The van der Waals surface area contributed by atoms with Crippen molar-refractivity contribution in [3.05, 3.63) is 28.2 Å². The van der Waals surface area contributed by atoms with E-state index in [4.69, 9.17) is 23.2 Å². The summed E-state index contributed by atoms with van der Waals surface area (Å²) in [5.74, 6) is 0. The van der Waals surface area contributed by atoms with Crippen LogP contribution in [0.3, 0.4) is 0 Å². The highest BCUT2D eigenvalue weighted by Crippen LogP contribution is 2.24. The number of likely N-dealkylation sites (N-methyl/N-ethyl adjacent to an activating group) is 1. The lowest BCUT2D eigenvalue weighted by molar-refractivity contribution is 0.417. The lowest BCUT2D eigenvalue weighted by Gasteiger charge is -2.21. The molecule has 1 aliphatic rings. The quantitative estimate of drug-likeness (QED) is 0.925. The highest BCUT2D eigenvalue weighted by atomic mass is 35.5. The second kappa shape index (κ2) is 5.97. The zero-order valence-corrected chi connectivity index (χ0v) is 12.9. The van der Waals surface area contributed by atoms with E-state index in [-0.39, 0.29) is 10.9 Å². The molecule has 0 aliphatic carbocycles. The molecule has 0 saturated carbocycles. The van der Waals surface area contributed by atoms with Crippen LogP contribution in [0.5, 0.6) is 0 Å². The monoisotopic (exact) mass is 322 g/mol. The lowest BCUT2D eigenvalue weighted by atomic mass is 10.2. The van der Waals surface area contributed by atoms with Crippen LogP contribution >= 0.6 is 23.2 Å². The average molecular weight is 323 g/mol. The maximum absolute atomic E-state index is 12.4. The van der Waals surface area contributed by atoms with Crippen LogP contribution in [0.4, 0.5) is 0 Å². The fraction of sp³-hybridized carbons (Fsp3) is 0.500. The smallest absolute Gasteiger partial charge is 0.242 e. The highest BCUT2D eigenvalue weighted by molar-refractivity contribution is 7.89. The molecule has 1 atom stereocenters. The van der Waals surface area contributed by atoms with Gasteiger partial charge in [0.1, 0.15) is 0 Å². The normalized spacial score (nSPS) is 20.1. The molecule has 0 spiro atoms. The van der Waals surface area contributed by atoms with E-state index >= 15 is 0 Å². The summed E-state index contributed by atoms with van der Waals surface area (Å²) in [5, 5.41) is 3.91. The first-order chi connectivity index (χ1) is 8.89. The van der Waals surface area contributed by atoms with Gasteiger partial charge in [0, 0.05) is 29.7 Å². The molecule has 1 N–H and O–H groups in total. The van der Waals surface area contributed by atoms with Crippen LogP contribution in [0.2, 0.25) is 10.0 Å². The minimum atomic E-state index is -3.55. The van der Waals surface area contributed by atoms with E-state index in [1.807, 2.05) is 0 Å². The van der Waals surface area contributed by atoms with Gasteiger partial charge in [-0.1, -0.05) is 23.2 Å². The predicted octanol–water partition coefficient (Wildman–Crippen LogP) is 2.37. The molecule has 1 saturated heterocycles. The van der Waals surface area contributed by atoms with Crippen LogP contribution < -0.4 is 5.32 Å². The molecule has 0 aromatic heterocycles. The van der Waals surface area contributed by atoms with Gasteiger partial charge in [0.15, 0.2) is 0 Å². The Morgan fingerprint density at radius 3 is 2.47 bits per heavy atom. The zero-order chi connectivity index (χ0) is 14.0. The molecule has 4 nitrogen and oxygen atoms in total. The van der Waals surface area contributed by atoms with E-state index in [0.29, 0.717) is 16.6 Å². The van der Waals surface area contributed by atoms with Gasteiger partial charge in [-0.3, -0.25) is 0 Å². The third-order valence-electron chi connectivity index (χ3n) is 3.18. The molecule has 2 rings (SSSR count). The molecular weight excluding hydrogens is 307 g/mol. The van der Waals surface area contributed by atoms with Crippen molar-refractivity contribution in [1.29, 1.82) is 0 Å². The molecule has 19 heavy (non-hydrogen) atoms. The Kier molecular flexibility index (Phi) is 4.74. The third kappa shape index (κ3) is 3.61. The van der Waals surface area contributed by atoms with Gasteiger partial charge < -0.3 is 5.32 Å². The predicted molar refractivity (Wildman–Crippen MR) is 77.3 cm³/mol. The van der Waals surface area contributed by atoms with Gasteiger partial charge in [-0.05, 0) is 37.6 Å². The van der Waals surface area contributed by atoms with Crippen LogP contribution in [-0.4, -0.2) is 38.9 Å². The summed E-state index contributed by atoms with van der Waals surface area (Å²) < 4.78 is 26.2. The number of sulfonamides is 1. The first-order valence-electron chi connectivity index (χ1n) is 6.05. The van der Waals surface area contributed by atoms with Gasteiger partial charge in [0.05, 0.1) is 4.90 Å². The van der Waals surface area contributed by atoms with E-state index in [1.54, 1.807) is 7.05 Å². The molecule has 0 radical (unpaired) electrons. The Morgan fingerprint density at radius 2 is 1.95 bits per heavy atom. The van der Waals surface area contributed by atoms with Crippen molar-refractivity contribution in [2.24, 2.45) is 0 Å². The molecular formula is C12H16Cl2N2O2S. The van der Waals surface area contributed by atoms with E-state index in [0.717, 1.165) is 19.4 Å². The molecule has 1 aromatic rings. The minimum Gasteiger partial charge on any atom is -0.313 e. The fourth-order valence-corrected chi connectivity index (χ4v) is 4.12. The van der Waals surface area contributed by atoms with Gasteiger partial charge in [0.2, 0.25) is 10.0 Å². The van der Waals surface area contributed by atoms with Crippen molar-refractivity contribution >= 4 is 33.2 Å². The summed E-state index contributed by atoms with van der Waals surface area (Å²) in [7, 11) is -1.97. The summed E-state index contributed by atoms with van der Waals surface area (Å²) in [4.78, 5) is 0.130. The van der Waals surface area contributed by atoms with Gasteiger partial charge in [-0.25, -0.2) is 8.42 Å². The molecule has 1 unspecified atom stereocenters. The van der Waals surface area contributed by atoms with E-state index < -0.39 is 10.0 Å². The van der Waals surface area contributed by atoms with Crippen molar-refractivity contribution in [2.75, 3.05) is 20.1 Å². The Morgan fingerprint density at radius 1 is 1.32 bits per heavy atom. The first kappa shape index (κ1) is 15.1. The number of nitrogens with one attached hydrogen (secondary N) is 1. The number of nitrogens with zero attached hydrogens (tertiary/aromatic N) is 1. The van der Waals surface area contributed by atoms with Crippen molar-refractivity contribution in [3.8, 4) is 0 Å². The van der Waals surface area contributed by atoms with Gasteiger partial charge in [-0.15, -0.1) is 0 Å². The van der Waals surface area contributed by atoms with Crippen LogP contribution in [0.15, 0.2) is 23.1 Å². The van der Waals surface area contributed by atoms with E-state index in [9.17, 15) is 8.42 Å². The van der Waals surface area contributed by atoms with Gasteiger partial charge >= 0.3 is 0 Å². The van der Waals surface area contributed by atoms with E-state index in [2.05, 4.69) is 5.32 Å². The zero-order valence-electron chi connectivity index (χ0n) is 10.6. The summed E-state index contributed by atoms with van der Waals surface area (Å²) >= 11 is 11.7. The molecule has 7 heteroatoms. The van der Waals surface area contributed by atoms with Crippen LogP contribution in [-0.2, 0) is 10.0 Å². The second-order valence-corrected chi connectivity index (χ2v) is 7.60. The van der Waals surface area contributed by atoms with Crippen LogP contribution in [0.1, 0.15) is 12.8 Å². The number of rotatable bonds is 4. The van der Waals surface area contributed by atoms with Gasteiger partial charge in [0.25, 0.3) is 0 Å². The van der Waals surface area contributed by atoms with Gasteiger partial charge in [-0.2, -0.15) is 4.31 Å². The Labute approximate surface area is 123 Å². The van der Waals surface area contributed by atoms with Crippen molar-refractivity contribution in [3.63, 3.8) is 0 Å².